The average Bonchev–Trinajstić information content (AvgIpc) is 3.04. The van der Waals surface area contributed by atoms with Crippen LogP contribution in [0.3, 0.4) is 0 Å². The molecule has 0 bridgehead atoms. The van der Waals surface area contributed by atoms with Crippen molar-refractivity contribution in [2.75, 3.05) is 38.5 Å². The molecular weight excluding hydrogens is 308 g/mol. The van der Waals surface area contributed by atoms with E-state index in [4.69, 9.17) is 0 Å². The van der Waals surface area contributed by atoms with Gasteiger partial charge in [0.2, 0.25) is 0 Å². The summed E-state index contributed by atoms with van der Waals surface area (Å²) < 4.78 is 0. The first-order valence-electron chi connectivity index (χ1n) is 8.89. The Labute approximate surface area is 142 Å². The van der Waals surface area contributed by atoms with E-state index in [0.717, 1.165) is 30.6 Å². The highest BCUT2D eigenvalue weighted by molar-refractivity contribution is 7.13. The summed E-state index contributed by atoms with van der Waals surface area (Å²) in [5, 5.41) is 6.20. The lowest BCUT2D eigenvalue weighted by Crippen LogP contribution is -2.35. The summed E-state index contributed by atoms with van der Waals surface area (Å²) in [6.45, 7) is 4.24. The second-order valence-electron chi connectivity index (χ2n) is 7.40. The minimum absolute atomic E-state index is 0.125. The largest absolute Gasteiger partial charge is 0.359 e. The number of likely N-dealkylation sites (tertiary alicyclic amines) is 2. The summed E-state index contributed by atoms with van der Waals surface area (Å²) in [6, 6.07) is 0.588. The molecule has 0 radical (unpaired) electrons. The van der Waals surface area contributed by atoms with Crippen molar-refractivity contribution in [3.8, 4) is 0 Å². The van der Waals surface area contributed by atoms with Crippen LogP contribution in [-0.2, 0) is 0 Å². The van der Waals surface area contributed by atoms with Gasteiger partial charge in [0, 0.05) is 24.5 Å². The van der Waals surface area contributed by atoms with E-state index in [-0.39, 0.29) is 5.91 Å². The maximum atomic E-state index is 12.7. The normalized spacial score (nSPS) is 26.7. The molecule has 3 fully saturated rings. The molecule has 1 atom stereocenters. The summed E-state index contributed by atoms with van der Waals surface area (Å²) in [4.78, 5) is 21.6. The molecule has 0 spiro atoms. The van der Waals surface area contributed by atoms with Gasteiger partial charge < -0.3 is 15.1 Å². The van der Waals surface area contributed by atoms with Gasteiger partial charge >= 0.3 is 0 Å². The predicted octanol–water partition coefficient (Wildman–Crippen LogP) is 2.52. The second-order valence-corrected chi connectivity index (χ2v) is 8.26. The maximum absolute atomic E-state index is 12.7. The molecule has 5 nitrogen and oxygen atoms in total. The standard InChI is InChI=1S/C17H26N4OS/c1-20-7-4-12(5-8-20)13-6-9-21(10-13)16(22)15-11-23-17(19-15)18-14-2-3-14/h11-14H,2-10H2,1H3,(H,18,19). The van der Waals surface area contributed by atoms with Gasteiger partial charge in [0.15, 0.2) is 5.13 Å². The van der Waals surface area contributed by atoms with Gasteiger partial charge in [-0.1, -0.05) is 0 Å². The molecule has 2 saturated heterocycles. The fourth-order valence-corrected chi connectivity index (χ4v) is 4.62. The predicted molar refractivity (Wildman–Crippen MR) is 93.0 cm³/mol. The van der Waals surface area contributed by atoms with Crippen LogP contribution in [0.25, 0.3) is 0 Å². The highest BCUT2D eigenvalue weighted by atomic mass is 32.1. The van der Waals surface area contributed by atoms with Crippen LogP contribution >= 0.6 is 11.3 Å². The minimum Gasteiger partial charge on any atom is -0.359 e. The summed E-state index contributed by atoms with van der Waals surface area (Å²) in [7, 11) is 2.20. The van der Waals surface area contributed by atoms with Crippen LogP contribution in [0.1, 0.15) is 42.6 Å². The van der Waals surface area contributed by atoms with Crippen LogP contribution in [0.5, 0.6) is 0 Å². The maximum Gasteiger partial charge on any atom is 0.273 e. The molecule has 1 aromatic rings. The Balaban J connectivity index is 1.33. The molecule has 1 saturated carbocycles. The SMILES string of the molecule is CN1CCC(C2CCN(C(=O)c3csc(NC4CC4)n3)C2)CC1. The molecule has 1 aromatic heterocycles. The zero-order valence-electron chi connectivity index (χ0n) is 13.8. The highest BCUT2D eigenvalue weighted by Gasteiger charge is 2.34. The Morgan fingerprint density at radius 3 is 2.65 bits per heavy atom. The van der Waals surface area contributed by atoms with Crippen molar-refractivity contribution in [1.82, 2.24) is 14.8 Å². The van der Waals surface area contributed by atoms with Crippen molar-refractivity contribution in [1.29, 1.82) is 0 Å². The van der Waals surface area contributed by atoms with E-state index in [1.165, 1.54) is 38.8 Å². The summed E-state index contributed by atoms with van der Waals surface area (Å²) in [5.41, 5.74) is 0.627. The average molecular weight is 334 g/mol. The smallest absolute Gasteiger partial charge is 0.273 e. The summed E-state index contributed by atoms with van der Waals surface area (Å²) in [6.07, 6.45) is 6.20. The van der Waals surface area contributed by atoms with Crippen molar-refractivity contribution in [3.05, 3.63) is 11.1 Å². The molecule has 4 rings (SSSR count). The highest BCUT2D eigenvalue weighted by Crippen LogP contribution is 2.32. The number of carbonyl (C=O) groups is 1. The number of anilines is 1. The Morgan fingerprint density at radius 2 is 1.91 bits per heavy atom. The number of nitrogens with one attached hydrogen (secondary N) is 1. The van der Waals surface area contributed by atoms with Crippen molar-refractivity contribution in [3.63, 3.8) is 0 Å². The summed E-state index contributed by atoms with van der Waals surface area (Å²) in [5.74, 6) is 1.61. The van der Waals surface area contributed by atoms with E-state index in [0.29, 0.717) is 17.7 Å². The number of rotatable bonds is 4. The monoisotopic (exact) mass is 334 g/mol. The zero-order valence-corrected chi connectivity index (χ0v) is 14.6. The molecule has 126 valence electrons. The van der Waals surface area contributed by atoms with Gasteiger partial charge in [-0.2, -0.15) is 0 Å². The van der Waals surface area contributed by atoms with E-state index in [9.17, 15) is 4.79 Å². The third-order valence-electron chi connectivity index (χ3n) is 5.57. The third-order valence-corrected chi connectivity index (χ3v) is 6.34. The van der Waals surface area contributed by atoms with E-state index < -0.39 is 0 Å². The molecule has 1 amide bonds. The zero-order chi connectivity index (χ0) is 15.8. The van der Waals surface area contributed by atoms with Crippen molar-refractivity contribution < 1.29 is 4.79 Å². The number of nitrogens with zero attached hydrogens (tertiary/aromatic N) is 3. The Bertz CT molecular complexity index is 563. The van der Waals surface area contributed by atoms with E-state index in [2.05, 4.69) is 22.2 Å². The first-order chi connectivity index (χ1) is 11.2. The number of carbonyl (C=O) groups excluding carboxylic acids is 1. The second kappa shape index (κ2) is 6.40. The van der Waals surface area contributed by atoms with Crippen LogP contribution in [-0.4, -0.2) is 60.0 Å². The number of amides is 1. The van der Waals surface area contributed by atoms with Gasteiger partial charge in [-0.15, -0.1) is 11.3 Å². The number of aromatic nitrogens is 1. The molecule has 0 aromatic carbocycles. The first kappa shape index (κ1) is 15.4. The van der Waals surface area contributed by atoms with Gasteiger partial charge in [-0.25, -0.2) is 4.98 Å². The van der Waals surface area contributed by atoms with Crippen LogP contribution < -0.4 is 5.32 Å². The van der Waals surface area contributed by atoms with E-state index >= 15 is 0 Å². The van der Waals surface area contributed by atoms with Crippen LogP contribution in [0.15, 0.2) is 5.38 Å². The van der Waals surface area contributed by atoms with Crippen molar-refractivity contribution in [2.45, 2.75) is 38.1 Å². The summed E-state index contributed by atoms with van der Waals surface area (Å²) >= 11 is 1.56. The lowest BCUT2D eigenvalue weighted by molar-refractivity contribution is 0.0771. The van der Waals surface area contributed by atoms with E-state index in [1.807, 2.05) is 10.3 Å². The Morgan fingerprint density at radius 1 is 1.17 bits per heavy atom. The Hall–Kier alpha value is -1.14. The lowest BCUT2D eigenvalue weighted by Gasteiger charge is -2.32. The number of hydrogen-bond donors (Lipinski definition) is 1. The van der Waals surface area contributed by atoms with E-state index in [1.54, 1.807) is 11.3 Å². The molecular formula is C17H26N4OS. The quantitative estimate of drug-likeness (QED) is 0.919. The molecule has 3 aliphatic rings. The molecule has 1 N–H and O–H groups in total. The fourth-order valence-electron chi connectivity index (χ4n) is 3.86. The van der Waals surface area contributed by atoms with Gasteiger partial charge in [0.25, 0.3) is 5.91 Å². The molecule has 6 heteroatoms. The minimum atomic E-state index is 0.125. The fraction of sp³-hybridized carbons (Fsp3) is 0.765. The Kier molecular flexibility index (Phi) is 4.28. The van der Waals surface area contributed by atoms with Crippen LogP contribution in [0.4, 0.5) is 5.13 Å². The molecule has 2 aliphatic heterocycles. The van der Waals surface area contributed by atoms with Crippen LogP contribution in [0.2, 0.25) is 0 Å². The number of thiazole rings is 1. The van der Waals surface area contributed by atoms with Gasteiger partial charge in [0.05, 0.1) is 0 Å². The molecule has 1 aliphatic carbocycles. The first-order valence-corrected chi connectivity index (χ1v) is 9.77. The number of hydrogen-bond acceptors (Lipinski definition) is 5. The third kappa shape index (κ3) is 3.53. The van der Waals surface area contributed by atoms with Crippen molar-refractivity contribution >= 4 is 22.4 Å². The molecule has 1 unspecified atom stereocenters. The molecule has 3 heterocycles. The number of piperidine rings is 1. The van der Waals surface area contributed by atoms with Gasteiger partial charge in [-0.05, 0) is 64.1 Å². The van der Waals surface area contributed by atoms with Gasteiger partial charge in [0.1, 0.15) is 5.69 Å². The lowest BCUT2D eigenvalue weighted by atomic mass is 9.84. The van der Waals surface area contributed by atoms with Crippen molar-refractivity contribution in [2.24, 2.45) is 11.8 Å². The molecule has 23 heavy (non-hydrogen) atoms. The van der Waals surface area contributed by atoms with Crippen LogP contribution in [0, 0.1) is 11.8 Å². The van der Waals surface area contributed by atoms with Gasteiger partial charge in [-0.3, -0.25) is 4.79 Å². The topological polar surface area (TPSA) is 48.5 Å².